The number of fused-ring (bicyclic) bond motifs is 10. The summed E-state index contributed by atoms with van der Waals surface area (Å²) < 4.78 is 6.55. The Hall–Kier alpha value is -4.82. The van der Waals surface area contributed by atoms with Crippen LogP contribution < -0.4 is 4.90 Å². The minimum absolute atomic E-state index is 0.178. The zero-order valence-corrected chi connectivity index (χ0v) is 22.0. The summed E-state index contributed by atoms with van der Waals surface area (Å²) in [5.74, 6) is 0. The Kier molecular flexibility index (Phi) is 4.60. The molecule has 0 amide bonds. The van der Waals surface area contributed by atoms with Gasteiger partial charge in [-0.05, 0) is 70.1 Å². The van der Waals surface area contributed by atoms with Gasteiger partial charge in [0.15, 0.2) is 0 Å². The second kappa shape index (κ2) is 8.09. The molecular formula is C37H27NO. The van der Waals surface area contributed by atoms with Crippen LogP contribution in [0.1, 0.15) is 25.0 Å². The first kappa shape index (κ1) is 22.2. The summed E-state index contributed by atoms with van der Waals surface area (Å²) in [7, 11) is 0. The highest BCUT2D eigenvalue weighted by Gasteiger charge is 2.40. The van der Waals surface area contributed by atoms with E-state index in [0.717, 1.165) is 28.2 Å². The molecule has 7 aromatic rings. The van der Waals surface area contributed by atoms with E-state index >= 15 is 0 Å². The van der Waals surface area contributed by atoms with Gasteiger partial charge in [-0.25, -0.2) is 0 Å². The Balaban J connectivity index is 1.47. The number of para-hydroxylation sites is 3. The van der Waals surface area contributed by atoms with Crippen LogP contribution in [0.25, 0.3) is 43.8 Å². The van der Waals surface area contributed by atoms with Gasteiger partial charge in [-0.3, -0.25) is 0 Å². The van der Waals surface area contributed by atoms with Gasteiger partial charge in [-0.1, -0.05) is 98.8 Å². The maximum Gasteiger partial charge on any atom is 0.143 e. The molecule has 0 saturated heterocycles. The number of benzene rings is 6. The summed E-state index contributed by atoms with van der Waals surface area (Å²) in [5, 5.41) is 4.84. The monoisotopic (exact) mass is 501 g/mol. The first-order valence-corrected chi connectivity index (χ1v) is 13.5. The van der Waals surface area contributed by atoms with E-state index < -0.39 is 0 Å². The van der Waals surface area contributed by atoms with E-state index in [4.69, 9.17) is 4.42 Å². The van der Waals surface area contributed by atoms with Crippen LogP contribution in [0.15, 0.2) is 132 Å². The van der Waals surface area contributed by atoms with Crippen molar-refractivity contribution in [2.75, 3.05) is 4.90 Å². The van der Waals surface area contributed by atoms with Gasteiger partial charge in [0.05, 0.1) is 0 Å². The van der Waals surface area contributed by atoms with Crippen LogP contribution in [-0.2, 0) is 5.41 Å². The largest absolute Gasteiger partial charge is 0.455 e. The maximum atomic E-state index is 6.55. The van der Waals surface area contributed by atoms with E-state index in [0.29, 0.717) is 0 Å². The van der Waals surface area contributed by atoms with E-state index in [9.17, 15) is 0 Å². The first-order chi connectivity index (χ1) is 19.1. The molecule has 1 heterocycles. The standard InChI is InChI=1S/C37H27NO/c1-37(2)31-22-21-26(38(24-13-5-3-6-14-24)25-15-7-4-8-16-25)23-30(31)33-27-17-9-10-18-28(27)36-34(35(33)37)29-19-11-12-20-32(29)39-36/h3-23H,1-2H3. The third-order valence-electron chi connectivity index (χ3n) is 8.39. The first-order valence-electron chi connectivity index (χ1n) is 13.5. The molecule has 0 N–H and O–H groups in total. The number of nitrogens with zero attached hydrogens (tertiary/aromatic N) is 1. The van der Waals surface area contributed by atoms with Crippen molar-refractivity contribution in [1.29, 1.82) is 0 Å². The number of rotatable bonds is 3. The second-order valence-corrected chi connectivity index (χ2v) is 11.0. The molecule has 0 atom stereocenters. The average molecular weight is 502 g/mol. The number of hydrogen-bond acceptors (Lipinski definition) is 2. The van der Waals surface area contributed by atoms with Crippen molar-refractivity contribution in [3.05, 3.63) is 139 Å². The van der Waals surface area contributed by atoms with E-state index in [2.05, 4.69) is 146 Å². The molecule has 6 aromatic carbocycles. The lowest BCUT2D eigenvalue weighted by molar-refractivity contribution is 0.659. The molecule has 39 heavy (non-hydrogen) atoms. The SMILES string of the molecule is CC1(C)c2ccc(N(c3ccccc3)c3ccccc3)cc2-c2c1c1c3ccccc3oc1c1ccccc21. The van der Waals surface area contributed by atoms with Crippen molar-refractivity contribution in [2.45, 2.75) is 19.3 Å². The molecule has 186 valence electrons. The normalized spacial score (nSPS) is 13.6. The second-order valence-electron chi connectivity index (χ2n) is 11.0. The minimum Gasteiger partial charge on any atom is -0.455 e. The molecule has 1 aromatic heterocycles. The van der Waals surface area contributed by atoms with Gasteiger partial charge in [-0.2, -0.15) is 0 Å². The van der Waals surface area contributed by atoms with Crippen molar-refractivity contribution in [3.63, 3.8) is 0 Å². The van der Waals surface area contributed by atoms with Crippen LogP contribution in [0.5, 0.6) is 0 Å². The maximum absolute atomic E-state index is 6.55. The van der Waals surface area contributed by atoms with Gasteiger partial charge in [0.1, 0.15) is 11.2 Å². The van der Waals surface area contributed by atoms with Gasteiger partial charge in [0, 0.05) is 38.6 Å². The number of hydrogen-bond donors (Lipinski definition) is 0. The highest BCUT2D eigenvalue weighted by molar-refractivity contribution is 6.23. The summed E-state index contributed by atoms with van der Waals surface area (Å²) in [6.45, 7) is 4.72. The summed E-state index contributed by atoms with van der Waals surface area (Å²) in [5.41, 5.74) is 10.5. The van der Waals surface area contributed by atoms with Crippen molar-refractivity contribution in [3.8, 4) is 11.1 Å². The molecule has 8 rings (SSSR count). The molecule has 0 saturated carbocycles. The molecule has 2 heteroatoms. The van der Waals surface area contributed by atoms with Gasteiger partial charge < -0.3 is 9.32 Å². The molecule has 0 aliphatic heterocycles. The molecule has 0 unspecified atom stereocenters. The quantitative estimate of drug-likeness (QED) is 0.239. The summed E-state index contributed by atoms with van der Waals surface area (Å²) >= 11 is 0. The predicted molar refractivity (Wildman–Crippen MR) is 163 cm³/mol. The van der Waals surface area contributed by atoms with E-state index in [1.54, 1.807) is 0 Å². The Morgan fingerprint density at radius 3 is 1.85 bits per heavy atom. The molecule has 0 fully saturated rings. The van der Waals surface area contributed by atoms with Crippen LogP contribution >= 0.6 is 0 Å². The highest BCUT2D eigenvalue weighted by atomic mass is 16.3. The fourth-order valence-electron chi connectivity index (χ4n) is 6.71. The number of furan rings is 1. The Morgan fingerprint density at radius 1 is 0.564 bits per heavy atom. The van der Waals surface area contributed by atoms with Crippen LogP contribution in [0.3, 0.4) is 0 Å². The highest BCUT2D eigenvalue weighted by Crippen LogP contribution is 2.57. The lowest BCUT2D eigenvalue weighted by Gasteiger charge is -2.27. The van der Waals surface area contributed by atoms with Gasteiger partial charge >= 0.3 is 0 Å². The summed E-state index contributed by atoms with van der Waals surface area (Å²) in [4.78, 5) is 2.35. The smallest absolute Gasteiger partial charge is 0.143 e. The van der Waals surface area contributed by atoms with E-state index in [-0.39, 0.29) is 5.41 Å². The Bertz CT molecular complexity index is 1990. The average Bonchev–Trinajstić information content (AvgIpc) is 3.47. The van der Waals surface area contributed by atoms with E-state index in [1.165, 1.54) is 43.8 Å². The third kappa shape index (κ3) is 3.09. The molecule has 0 spiro atoms. The molecule has 1 aliphatic rings. The van der Waals surface area contributed by atoms with Crippen LogP contribution in [-0.4, -0.2) is 0 Å². The van der Waals surface area contributed by atoms with Crippen LogP contribution in [0, 0.1) is 0 Å². The molecular weight excluding hydrogens is 474 g/mol. The van der Waals surface area contributed by atoms with Gasteiger partial charge in [0.25, 0.3) is 0 Å². The minimum atomic E-state index is -0.178. The molecule has 2 nitrogen and oxygen atoms in total. The summed E-state index contributed by atoms with van der Waals surface area (Å²) in [6.07, 6.45) is 0. The van der Waals surface area contributed by atoms with Crippen LogP contribution in [0.4, 0.5) is 17.1 Å². The zero-order chi connectivity index (χ0) is 26.1. The fourth-order valence-corrected chi connectivity index (χ4v) is 6.71. The Morgan fingerprint density at radius 2 is 1.15 bits per heavy atom. The molecule has 0 radical (unpaired) electrons. The lowest BCUT2D eigenvalue weighted by Crippen LogP contribution is -2.16. The van der Waals surface area contributed by atoms with Crippen molar-refractivity contribution in [1.82, 2.24) is 0 Å². The van der Waals surface area contributed by atoms with Gasteiger partial charge in [-0.15, -0.1) is 0 Å². The Labute approximate surface area is 227 Å². The lowest BCUT2D eigenvalue weighted by atomic mass is 9.79. The van der Waals surface area contributed by atoms with Crippen molar-refractivity contribution in [2.24, 2.45) is 0 Å². The predicted octanol–water partition coefficient (Wildman–Crippen LogP) is 10.5. The summed E-state index contributed by atoms with van der Waals surface area (Å²) in [6, 6.07) is 45.4. The number of anilines is 3. The van der Waals surface area contributed by atoms with E-state index in [1.807, 2.05) is 0 Å². The fraction of sp³-hybridized carbons (Fsp3) is 0.0811. The van der Waals surface area contributed by atoms with Crippen molar-refractivity contribution < 1.29 is 4.42 Å². The third-order valence-corrected chi connectivity index (χ3v) is 8.39. The van der Waals surface area contributed by atoms with Crippen LogP contribution in [0.2, 0.25) is 0 Å². The zero-order valence-electron chi connectivity index (χ0n) is 22.0. The topological polar surface area (TPSA) is 16.4 Å². The molecule has 0 bridgehead atoms. The molecule has 1 aliphatic carbocycles. The van der Waals surface area contributed by atoms with Gasteiger partial charge in [0.2, 0.25) is 0 Å². The van der Waals surface area contributed by atoms with Crippen molar-refractivity contribution >= 4 is 49.8 Å².